The predicted octanol–water partition coefficient (Wildman–Crippen LogP) is 2.09. The van der Waals surface area contributed by atoms with Gasteiger partial charge in [-0.15, -0.1) is 0 Å². The smallest absolute Gasteiger partial charge is 0.255 e. The third kappa shape index (κ3) is 3.46. The molecule has 0 saturated carbocycles. The van der Waals surface area contributed by atoms with Gasteiger partial charge >= 0.3 is 0 Å². The fraction of sp³-hybridized carbons (Fsp3) is 0.250. The Morgan fingerprint density at radius 1 is 1.47 bits per heavy atom. The van der Waals surface area contributed by atoms with Gasteiger partial charge in [-0.2, -0.15) is 0 Å². The van der Waals surface area contributed by atoms with E-state index < -0.39 is 0 Å². The SMILES string of the molecule is C/C=C/CCNC(=O)c1ccccc1O. The molecule has 1 aromatic carbocycles. The van der Waals surface area contributed by atoms with Crippen LogP contribution >= 0.6 is 0 Å². The molecule has 1 amide bonds. The second kappa shape index (κ2) is 5.86. The van der Waals surface area contributed by atoms with Gasteiger partial charge in [-0.05, 0) is 25.5 Å². The number of carbonyl (C=O) groups is 1. The highest BCUT2D eigenvalue weighted by Gasteiger charge is 2.08. The third-order valence-electron chi connectivity index (χ3n) is 1.98. The summed E-state index contributed by atoms with van der Waals surface area (Å²) in [7, 11) is 0. The Morgan fingerprint density at radius 3 is 2.87 bits per heavy atom. The van der Waals surface area contributed by atoms with Gasteiger partial charge in [0.2, 0.25) is 0 Å². The molecule has 1 rings (SSSR count). The minimum atomic E-state index is -0.238. The monoisotopic (exact) mass is 205 g/mol. The Bertz CT molecular complexity index is 358. The molecule has 0 fully saturated rings. The van der Waals surface area contributed by atoms with Crippen LogP contribution in [0.25, 0.3) is 0 Å². The molecule has 3 heteroatoms. The standard InChI is InChI=1S/C12H15NO2/c1-2-3-6-9-13-12(15)10-7-4-5-8-11(10)14/h2-5,7-8,14H,6,9H2,1H3,(H,13,15)/b3-2+. The Morgan fingerprint density at radius 2 is 2.20 bits per heavy atom. The summed E-state index contributed by atoms with van der Waals surface area (Å²) in [5.41, 5.74) is 0.318. The molecule has 1 aromatic rings. The van der Waals surface area contributed by atoms with E-state index in [9.17, 15) is 9.90 Å². The number of aromatic hydroxyl groups is 1. The van der Waals surface area contributed by atoms with E-state index in [1.54, 1.807) is 18.2 Å². The van der Waals surface area contributed by atoms with Crippen molar-refractivity contribution in [2.45, 2.75) is 13.3 Å². The van der Waals surface area contributed by atoms with Gasteiger partial charge in [-0.25, -0.2) is 0 Å². The Hall–Kier alpha value is -1.77. The molecule has 15 heavy (non-hydrogen) atoms. The van der Waals surface area contributed by atoms with Crippen LogP contribution in [-0.2, 0) is 0 Å². The average molecular weight is 205 g/mol. The van der Waals surface area contributed by atoms with Crippen LogP contribution in [0.2, 0.25) is 0 Å². The molecule has 0 aliphatic carbocycles. The maximum Gasteiger partial charge on any atom is 0.255 e. The van der Waals surface area contributed by atoms with E-state index in [4.69, 9.17) is 0 Å². The van der Waals surface area contributed by atoms with Gasteiger partial charge in [0.25, 0.3) is 5.91 Å². The summed E-state index contributed by atoms with van der Waals surface area (Å²) >= 11 is 0. The normalized spacial score (nSPS) is 10.5. The quantitative estimate of drug-likeness (QED) is 0.584. The first kappa shape index (κ1) is 11.3. The maximum atomic E-state index is 11.5. The van der Waals surface area contributed by atoms with Crippen molar-refractivity contribution < 1.29 is 9.90 Å². The number of hydrogen-bond donors (Lipinski definition) is 2. The molecule has 80 valence electrons. The van der Waals surface area contributed by atoms with Crippen molar-refractivity contribution in [2.75, 3.05) is 6.54 Å². The first-order chi connectivity index (χ1) is 7.25. The number of hydrogen-bond acceptors (Lipinski definition) is 2. The first-order valence-corrected chi connectivity index (χ1v) is 4.93. The number of phenolic OH excluding ortho intramolecular Hbond substituents is 1. The molecule has 0 unspecified atom stereocenters. The number of para-hydroxylation sites is 1. The zero-order valence-corrected chi connectivity index (χ0v) is 8.73. The molecule has 0 aliphatic heterocycles. The van der Waals surface area contributed by atoms with Crippen LogP contribution in [-0.4, -0.2) is 17.6 Å². The summed E-state index contributed by atoms with van der Waals surface area (Å²) in [6.45, 7) is 2.52. The van der Waals surface area contributed by atoms with Gasteiger partial charge in [-0.1, -0.05) is 24.3 Å². The van der Waals surface area contributed by atoms with Crippen LogP contribution in [0.15, 0.2) is 36.4 Å². The predicted molar refractivity (Wildman–Crippen MR) is 59.9 cm³/mol. The molecule has 2 N–H and O–H groups in total. The molecular weight excluding hydrogens is 190 g/mol. The van der Waals surface area contributed by atoms with Crippen molar-refractivity contribution in [3.63, 3.8) is 0 Å². The van der Waals surface area contributed by atoms with Crippen molar-refractivity contribution in [3.8, 4) is 5.75 Å². The Labute approximate surface area is 89.4 Å². The molecular formula is C12H15NO2. The second-order valence-corrected chi connectivity index (χ2v) is 3.13. The molecule has 0 radical (unpaired) electrons. The minimum absolute atomic E-state index is 0.0148. The largest absolute Gasteiger partial charge is 0.507 e. The van der Waals surface area contributed by atoms with Gasteiger partial charge in [0.1, 0.15) is 5.75 Å². The van der Waals surface area contributed by atoms with E-state index in [2.05, 4.69) is 5.32 Å². The van der Waals surface area contributed by atoms with Crippen molar-refractivity contribution >= 4 is 5.91 Å². The van der Waals surface area contributed by atoms with Crippen molar-refractivity contribution in [1.29, 1.82) is 0 Å². The summed E-state index contributed by atoms with van der Waals surface area (Å²) in [5, 5.41) is 12.1. The van der Waals surface area contributed by atoms with Crippen LogP contribution in [0.5, 0.6) is 5.75 Å². The summed E-state index contributed by atoms with van der Waals surface area (Å²) in [4.78, 5) is 11.5. The fourth-order valence-corrected chi connectivity index (χ4v) is 1.20. The van der Waals surface area contributed by atoms with Crippen molar-refractivity contribution in [3.05, 3.63) is 42.0 Å². The van der Waals surface area contributed by atoms with Crippen molar-refractivity contribution in [1.82, 2.24) is 5.32 Å². The van der Waals surface area contributed by atoms with Gasteiger partial charge < -0.3 is 10.4 Å². The number of amides is 1. The lowest BCUT2D eigenvalue weighted by Gasteiger charge is -2.04. The summed E-state index contributed by atoms with van der Waals surface area (Å²) in [6.07, 6.45) is 4.72. The van der Waals surface area contributed by atoms with Crippen LogP contribution < -0.4 is 5.32 Å². The molecule has 0 heterocycles. The molecule has 0 bridgehead atoms. The van der Waals surface area contributed by atoms with Gasteiger partial charge in [0, 0.05) is 6.54 Å². The van der Waals surface area contributed by atoms with Gasteiger partial charge in [0.15, 0.2) is 0 Å². The number of nitrogens with one attached hydrogen (secondary N) is 1. The summed E-state index contributed by atoms with van der Waals surface area (Å²) in [5.74, 6) is -0.223. The lowest BCUT2D eigenvalue weighted by atomic mass is 10.2. The third-order valence-corrected chi connectivity index (χ3v) is 1.98. The molecule has 0 aliphatic rings. The molecule has 3 nitrogen and oxygen atoms in total. The zero-order valence-electron chi connectivity index (χ0n) is 8.73. The first-order valence-electron chi connectivity index (χ1n) is 4.93. The highest BCUT2D eigenvalue weighted by atomic mass is 16.3. The van der Waals surface area contributed by atoms with Crippen molar-refractivity contribution in [2.24, 2.45) is 0 Å². The Kier molecular flexibility index (Phi) is 4.41. The van der Waals surface area contributed by atoms with E-state index >= 15 is 0 Å². The number of carbonyl (C=O) groups excluding carboxylic acids is 1. The van der Waals surface area contributed by atoms with E-state index in [-0.39, 0.29) is 11.7 Å². The Balaban J connectivity index is 2.51. The number of rotatable bonds is 4. The van der Waals surface area contributed by atoms with Crippen LogP contribution in [0, 0.1) is 0 Å². The lowest BCUT2D eigenvalue weighted by molar-refractivity contribution is 0.0951. The topological polar surface area (TPSA) is 49.3 Å². The van der Waals surface area contributed by atoms with Crippen LogP contribution in [0.1, 0.15) is 23.7 Å². The number of phenols is 1. The van der Waals surface area contributed by atoms with Gasteiger partial charge in [-0.3, -0.25) is 4.79 Å². The van der Waals surface area contributed by atoms with E-state index in [1.807, 2.05) is 19.1 Å². The van der Waals surface area contributed by atoms with Gasteiger partial charge in [0.05, 0.1) is 5.56 Å². The average Bonchev–Trinajstić information content (AvgIpc) is 2.25. The molecule has 0 atom stereocenters. The highest BCUT2D eigenvalue weighted by molar-refractivity contribution is 5.96. The zero-order chi connectivity index (χ0) is 11.1. The summed E-state index contributed by atoms with van der Waals surface area (Å²) in [6, 6.07) is 6.51. The number of allylic oxidation sites excluding steroid dienone is 1. The van der Waals surface area contributed by atoms with Crippen LogP contribution in [0.4, 0.5) is 0 Å². The minimum Gasteiger partial charge on any atom is -0.507 e. The van der Waals surface area contributed by atoms with E-state index in [0.29, 0.717) is 12.1 Å². The maximum absolute atomic E-state index is 11.5. The second-order valence-electron chi connectivity index (χ2n) is 3.13. The van der Waals surface area contributed by atoms with Crippen LogP contribution in [0.3, 0.4) is 0 Å². The fourth-order valence-electron chi connectivity index (χ4n) is 1.20. The molecule has 0 aromatic heterocycles. The summed E-state index contributed by atoms with van der Waals surface area (Å²) < 4.78 is 0. The highest BCUT2D eigenvalue weighted by Crippen LogP contribution is 2.14. The number of benzene rings is 1. The molecule has 0 spiro atoms. The van der Waals surface area contributed by atoms with E-state index in [0.717, 1.165) is 6.42 Å². The van der Waals surface area contributed by atoms with E-state index in [1.165, 1.54) is 6.07 Å². The molecule has 0 saturated heterocycles. The lowest BCUT2D eigenvalue weighted by Crippen LogP contribution is -2.24.